The summed E-state index contributed by atoms with van der Waals surface area (Å²) in [5, 5.41) is 0. The molecule has 2 fully saturated rings. The van der Waals surface area contributed by atoms with Gasteiger partial charge in [-0.3, -0.25) is 4.79 Å². The van der Waals surface area contributed by atoms with Crippen molar-refractivity contribution in [2.24, 2.45) is 0 Å². The maximum absolute atomic E-state index is 12.5. The van der Waals surface area contributed by atoms with Crippen molar-refractivity contribution in [2.75, 3.05) is 18.2 Å². The van der Waals surface area contributed by atoms with Crippen molar-refractivity contribution in [2.45, 2.75) is 49.8 Å². The highest BCUT2D eigenvalue weighted by Crippen LogP contribution is 2.40. The van der Waals surface area contributed by atoms with E-state index in [1.807, 2.05) is 11.8 Å². The Bertz CT molecular complexity index is 262. The third-order valence-electron chi connectivity index (χ3n) is 3.77. The highest BCUT2D eigenvalue weighted by molar-refractivity contribution is 8.01. The number of carbonyl (C=O) groups is 1. The van der Waals surface area contributed by atoms with Crippen molar-refractivity contribution in [1.29, 1.82) is 0 Å². The third kappa shape index (κ3) is 2.35. The Morgan fingerprint density at radius 3 is 2.69 bits per heavy atom. The minimum Gasteiger partial charge on any atom is -0.337 e. The highest BCUT2D eigenvalue weighted by atomic mass is 35.5. The van der Waals surface area contributed by atoms with Gasteiger partial charge in [0.05, 0.1) is 4.75 Å². The van der Waals surface area contributed by atoms with E-state index >= 15 is 0 Å². The van der Waals surface area contributed by atoms with Crippen LogP contribution in [0.1, 0.15) is 39.0 Å². The second-order valence-electron chi connectivity index (χ2n) is 4.96. The number of thioether (sulfide) groups is 1. The monoisotopic (exact) mass is 261 g/mol. The Labute approximate surface area is 107 Å². The van der Waals surface area contributed by atoms with Gasteiger partial charge in [-0.1, -0.05) is 0 Å². The second kappa shape index (κ2) is 5.18. The standard InChI is InChI=1S/C12H20ClNOS/c1-12(6-3-9-16-12)11(15)14(8-7-13)10-4-2-5-10/h10H,2-9H2,1H3. The van der Waals surface area contributed by atoms with Gasteiger partial charge in [0.2, 0.25) is 5.91 Å². The topological polar surface area (TPSA) is 20.3 Å². The van der Waals surface area contributed by atoms with Gasteiger partial charge < -0.3 is 4.90 Å². The first-order valence-electron chi connectivity index (χ1n) is 6.18. The molecule has 0 aromatic carbocycles. The first-order valence-corrected chi connectivity index (χ1v) is 7.70. The Balaban J connectivity index is 2.03. The molecule has 1 atom stereocenters. The van der Waals surface area contributed by atoms with Crippen LogP contribution in [-0.2, 0) is 4.79 Å². The lowest BCUT2D eigenvalue weighted by atomic mass is 9.90. The quantitative estimate of drug-likeness (QED) is 0.726. The molecule has 2 aliphatic rings. The molecule has 2 rings (SSSR count). The zero-order valence-corrected chi connectivity index (χ0v) is 11.4. The first kappa shape index (κ1) is 12.6. The molecule has 1 unspecified atom stereocenters. The molecule has 0 spiro atoms. The molecule has 0 aromatic heterocycles. The number of carbonyl (C=O) groups excluding carboxylic acids is 1. The molecule has 1 saturated heterocycles. The van der Waals surface area contributed by atoms with Crippen molar-refractivity contribution >= 4 is 29.3 Å². The summed E-state index contributed by atoms with van der Waals surface area (Å²) in [6, 6.07) is 0.476. The molecule has 92 valence electrons. The smallest absolute Gasteiger partial charge is 0.238 e. The molecule has 1 aliphatic heterocycles. The summed E-state index contributed by atoms with van der Waals surface area (Å²) in [6.07, 6.45) is 5.81. The van der Waals surface area contributed by atoms with E-state index in [0.29, 0.717) is 17.8 Å². The summed E-state index contributed by atoms with van der Waals surface area (Å²) in [5.74, 6) is 2.02. The Morgan fingerprint density at radius 2 is 2.25 bits per heavy atom. The Morgan fingerprint density at radius 1 is 1.50 bits per heavy atom. The van der Waals surface area contributed by atoms with Gasteiger partial charge in [-0.05, 0) is 44.8 Å². The fraction of sp³-hybridized carbons (Fsp3) is 0.917. The molecular formula is C12H20ClNOS. The number of nitrogens with zero attached hydrogens (tertiary/aromatic N) is 1. The largest absolute Gasteiger partial charge is 0.337 e. The van der Waals surface area contributed by atoms with E-state index in [0.717, 1.165) is 18.7 Å². The van der Waals surface area contributed by atoms with Gasteiger partial charge in [-0.15, -0.1) is 23.4 Å². The van der Waals surface area contributed by atoms with Gasteiger partial charge in [-0.2, -0.15) is 0 Å². The summed E-state index contributed by atoms with van der Waals surface area (Å²) >= 11 is 7.64. The summed E-state index contributed by atoms with van der Waals surface area (Å²) in [7, 11) is 0. The lowest BCUT2D eigenvalue weighted by Crippen LogP contribution is -2.52. The van der Waals surface area contributed by atoms with Crippen LogP contribution in [0.25, 0.3) is 0 Å². The summed E-state index contributed by atoms with van der Waals surface area (Å²) in [4.78, 5) is 14.6. The van der Waals surface area contributed by atoms with Crippen LogP contribution in [0.3, 0.4) is 0 Å². The van der Waals surface area contributed by atoms with Gasteiger partial charge >= 0.3 is 0 Å². The van der Waals surface area contributed by atoms with Crippen LogP contribution in [0.15, 0.2) is 0 Å². The first-order chi connectivity index (χ1) is 7.67. The van der Waals surface area contributed by atoms with Crippen LogP contribution in [0.4, 0.5) is 0 Å². The van der Waals surface area contributed by atoms with Gasteiger partial charge in [-0.25, -0.2) is 0 Å². The molecule has 1 aliphatic carbocycles. The summed E-state index contributed by atoms with van der Waals surface area (Å²) in [5.41, 5.74) is 0. The predicted molar refractivity (Wildman–Crippen MR) is 70.2 cm³/mol. The van der Waals surface area contributed by atoms with Crippen LogP contribution < -0.4 is 0 Å². The number of hydrogen-bond acceptors (Lipinski definition) is 2. The van der Waals surface area contributed by atoms with Crippen molar-refractivity contribution in [3.63, 3.8) is 0 Å². The van der Waals surface area contributed by atoms with Crippen LogP contribution in [-0.4, -0.2) is 39.8 Å². The molecule has 1 saturated carbocycles. The number of amides is 1. The van der Waals surface area contributed by atoms with Crippen LogP contribution in [0.5, 0.6) is 0 Å². The predicted octanol–water partition coefficient (Wildman–Crippen LogP) is 2.89. The number of hydrogen-bond donors (Lipinski definition) is 0. The lowest BCUT2D eigenvalue weighted by Gasteiger charge is -2.41. The molecule has 1 amide bonds. The van der Waals surface area contributed by atoms with E-state index in [2.05, 4.69) is 11.8 Å². The molecule has 0 N–H and O–H groups in total. The van der Waals surface area contributed by atoms with Gasteiger partial charge in [0.15, 0.2) is 0 Å². The SMILES string of the molecule is CC1(C(=O)N(CCCl)C2CCC2)CCCS1. The van der Waals surface area contributed by atoms with E-state index in [9.17, 15) is 4.79 Å². The van der Waals surface area contributed by atoms with Crippen molar-refractivity contribution in [3.8, 4) is 0 Å². The third-order valence-corrected chi connectivity index (χ3v) is 5.45. The van der Waals surface area contributed by atoms with Gasteiger partial charge in [0.1, 0.15) is 0 Å². The maximum atomic E-state index is 12.5. The lowest BCUT2D eigenvalue weighted by molar-refractivity contribution is -0.137. The van der Waals surface area contributed by atoms with Crippen LogP contribution in [0, 0.1) is 0 Å². The fourth-order valence-corrected chi connectivity index (χ4v) is 3.94. The van der Waals surface area contributed by atoms with Gasteiger partial charge in [0, 0.05) is 18.5 Å². The average molecular weight is 262 g/mol. The van der Waals surface area contributed by atoms with Crippen molar-refractivity contribution < 1.29 is 4.79 Å². The average Bonchev–Trinajstić information content (AvgIpc) is 2.62. The highest BCUT2D eigenvalue weighted by Gasteiger charge is 2.42. The van der Waals surface area contributed by atoms with E-state index < -0.39 is 0 Å². The Hall–Kier alpha value is 0.110. The second-order valence-corrected chi connectivity index (χ2v) is 6.93. The summed E-state index contributed by atoms with van der Waals surface area (Å²) in [6.45, 7) is 2.83. The molecule has 4 heteroatoms. The molecule has 0 aromatic rings. The van der Waals surface area contributed by atoms with Crippen molar-refractivity contribution in [3.05, 3.63) is 0 Å². The fourth-order valence-electron chi connectivity index (χ4n) is 2.49. The molecular weight excluding hydrogens is 242 g/mol. The summed E-state index contributed by atoms with van der Waals surface area (Å²) < 4.78 is -0.165. The number of alkyl halides is 1. The Kier molecular flexibility index (Phi) is 4.06. The van der Waals surface area contributed by atoms with Crippen molar-refractivity contribution in [1.82, 2.24) is 4.90 Å². The molecule has 0 radical (unpaired) electrons. The minimum absolute atomic E-state index is 0.165. The minimum atomic E-state index is -0.165. The normalized spacial score (nSPS) is 30.1. The number of rotatable bonds is 4. The molecule has 1 heterocycles. The van der Waals surface area contributed by atoms with Crippen LogP contribution >= 0.6 is 23.4 Å². The van der Waals surface area contributed by atoms with E-state index in [1.54, 1.807) is 0 Å². The maximum Gasteiger partial charge on any atom is 0.238 e. The van der Waals surface area contributed by atoms with Gasteiger partial charge in [0.25, 0.3) is 0 Å². The van der Waals surface area contributed by atoms with E-state index in [4.69, 9.17) is 11.6 Å². The molecule has 2 nitrogen and oxygen atoms in total. The zero-order valence-electron chi connectivity index (χ0n) is 9.88. The van der Waals surface area contributed by atoms with E-state index in [1.165, 1.54) is 25.7 Å². The van der Waals surface area contributed by atoms with Crippen LogP contribution in [0.2, 0.25) is 0 Å². The molecule has 0 bridgehead atoms. The molecule has 16 heavy (non-hydrogen) atoms. The van der Waals surface area contributed by atoms with E-state index in [-0.39, 0.29) is 4.75 Å². The number of halogens is 1. The zero-order chi connectivity index (χ0) is 11.6.